The standard InChI is InChI=1S/C28H38N2O4/c1-3-4-5-11-20-29-27(32)34-23-16-18-28(19-17-23,22-12-7-6-8-13-22)21-30-26(31)24-14-9-10-15-25(24)33-2/h6-10,12-15,23H,3-5,11,16-21H2,1-2H3,(H,29,32)(H,30,31). The number of hydrogen-bond donors (Lipinski definition) is 2. The average Bonchev–Trinajstić information content (AvgIpc) is 2.88. The number of alkyl carbamates (subject to hydrolysis) is 1. The van der Waals surface area contributed by atoms with Crippen LogP contribution in [0.2, 0.25) is 0 Å². The lowest BCUT2D eigenvalue weighted by atomic mass is 9.68. The molecule has 2 aromatic rings. The highest BCUT2D eigenvalue weighted by Gasteiger charge is 2.38. The molecule has 1 aliphatic rings. The second-order valence-electron chi connectivity index (χ2n) is 9.12. The highest BCUT2D eigenvalue weighted by molar-refractivity contribution is 5.96. The van der Waals surface area contributed by atoms with Gasteiger partial charge in [0, 0.05) is 18.5 Å². The third kappa shape index (κ3) is 6.99. The molecule has 2 aromatic carbocycles. The number of para-hydroxylation sites is 1. The fourth-order valence-corrected chi connectivity index (χ4v) is 4.73. The van der Waals surface area contributed by atoms with Crippen LogP contribution in [-0.2, 0) is 10.2 Å². The fraction of sp³-hybridized carbons (Fsp3) is 0.500. The molecule has 3 rings (SSSR count). The Kier molecular flexibility index (Phi) is 9.80. The smallest absolute Gasteiger partial charge is 0.407 e. The van der Waals surface area contributed by atoms with E-state index in [9.17, 15) is 9.59 Å². The maximum Gasteiger partial charge on any atom is 0.407 e. The summed E-state index contributed by atoms with van der Waals surface area (Å²) in [7, 11) is 1.57. The van der Waals surface area contributed by atoms with Crippen molar-refractivity contribution >= 4 is 12.0 Å². The highest BCUT2D eigenvalue weighted by atomic mass is 16.6. The summed E-state index contributed by atoms with van der Waals surface area (Å²) in [5.41, 5.74) is 1.53. The lowest BCUT2D eigenvalue weighted by Gasteiger charge is -2.40. The number of carbonyl (C=O) groups is 2. The van der Waals surface area contributed by atoms with E-state index < -0.39 is 0 Å². The first-order valence-corrected chi connectivity index (χ1v) is 12.5. The van der Waals surface area contributed by atoms with Crippen molar-refractivity contribution in [2.45, 2.75) is 69.8 Å². The Balaban J connectivity index is 1.59. The Bertz CT molecular complexity index is 908. The monoisotopic (exact) mass is 466 g/mol. The molecule has 0 spiro atoms. The van der Waals surface area contributed by atoms with Crippen molar-refractivity contribution in [2.24, 2.45) is 0 Å². The SMILES string of the molecule is CCCCCCNC(=O)OC1CCC(CNC(=O)c2ccccc2OC)(c2ccccc2)CC1. The van der Waals surface area contributed by atoms with Crippen molar-refractivity contribution in [3.8, 4) is 5.75 Å². The highest BCUT2D eigenvalue weighted by Crippen LogP contribution is 2.40. The van der Waals surface area contributed by atoms with E-state index in [4.69, 9.17) is 9.47 Å². The zero-order valence-electron chi connectivity index (χ0n) is 20.5. The maximum atomic E-state index is 12.9. The summed E-state index contributed by atoms with van der Waals surface area (Å²) in [6.07, 6.45) is 7.25. The lowest BCUT2D eigenvalue weighted by molar-refractivity contribution is 0.0564. The molecule has 0 bridgehead atoms. The predicted molar refractivity (Wildman–Crippen MR) is 134 cm³/mol. The van der Waals surface area contributed by atoms with Gasteiger partial charge in [0.1, 0.15) is 11.9 Å². The fourth-order valence-electron chi connectivity index (χ4n) is 4.73. The average molecular weight is 467 g/mol. The first kappa shape index (κ1) is 25.6. The third-order valence-electron chi connectivity index (χ3n) is 6.79. The van der Waals surface area contributed by atoms with Gasteiger partial charge in [0.25, 0.3) is 5.91 Å². The Morgan fingerprint density at radius 3 is 2.35 bits per heavy atom. The molecule has 6 heteroatoms. The number of unbranched alkanes of at least 4 members (excludes halogenated alkanes) is 3. The van der Waals surface area contributed by atoms with Crippen LogP contribution >= 0.6 is 0 Å². The summed E-state index contributed by atoms with van der Waals surface area (Å²) >= 11 is 0. The van der Waals surface area contributed by atoms with E-state index in [1.165, 1.54) is 18.4 Å². The van der Waals surface area contributed by atoms with Crippen LogP contribution in [0.1, 0.15) is 74.2 Å². The Morgan fingerprint density at radius 2 is 1.65 bits per heavy atom. The van der Waals surface area contributed by atoms with E-state index in [1.54, 1.807) is 19.2 Å². The van der Waals surface area contributed by atoms with Gasteiger partial charge in [0.05, 0.1) is 12.7 Å². The number of rotatable bonds is 11. The van der Waals surface area contributed by atoms with Crippen molar-refractivity contribution in [3.05, 3.63) is 65.7 Å². The summed E-state index contributed by atoms with van der Waals surface area (Å²) in [6.45, 7) is 3.35. The van der Waals surface area contributed by atoms with Gasteiger partial charge in [0.2, 0.25) is 0 Å². The van der Waals surface area contributed by atoms with Crippen LogP contribution in [0.25, 0.3) is 0 Å². The van der Waals surface area contributed by atoms with Crippen molar-refractivity contribution in [3.63, 3.8) is 0 Å². The van der Waals surface area contributed by atoms with E-state index in [0.29, 0.717) is 24.4 Å². The first-order chi connectivity index (χ1) is 16.6. The minimum atomic E-state index is -0.321. The van der Waals surface area contributed by atoms with Gasteiger partial charge >= 0.3 is 6.09 Å². The van der Waals surface area contributed by atoms with Crippen molar-refractivity contribution in [1.82, 2.24) is 10.6 Å². The zero-order valence-corrected chi connectivity index (χ0v) is 20.5. The van der Waals surface area contributed by atoms with Crippen LogP contribution in [0, 0.1) is 0 Å². The van der Waals surface area contributed by atoms with Crippen LogP contribution in [0.5, 0.6) is 5.75 Å². The van der Waals surface area contributed by atoms with Crippen LogP contribution in [0.15, 0.2) is 54.6 Å². The number of ether oxygens (including phenoxy) is 2. The molecule has 0 atom stereocenters. The van der Waals surface area contributed by atoms with Crippen LogP contribution in [-0.4, -0.2) is 38.3 Å². The van der Waals surface area contributed by atoms with E-state index in [2.05, 4.69) is 29.7 Å². The van der Waals surface area contributed by atoms with Gasteiger partial charge in [-0.3, -0.25) is 4.79 Å². The molecule has 0 unspecified atom stereocenters. The van der Waals surface area contributed by atoms with E-state index in [-0.39, 0.29) is 23.5 Å². The molecule has 2 amide bonds. The Morgan fingerprint density at radius 1 is 0.941 bits per heavy atom. The second kappa shape index (κ2) is 13.0. The van der Waals surface area contributed by atoms with E-state index in [0.717, 1.165) is 38.5 Å². The lowest BCUT2D eigenvalue weighted by Crippen LogP contribution is -2.45. The molecule has 0 aromatic heterocycles. The molecular weight excluding hydrogens is 428 g/mol. The summed E-state index contributed by atoms with van der Waals surface area (Å²) in [5.74, 6) is 0.417. The van der Waals surface area contributed by atoms with Crippen molar-refractivity contribution in [2.75, 3.05) is 20.2 Å². The number of nitrogens with one attached hydrogen (secondary N) is 2. The summed E-state index contributed by atoms with van der Waals surface area (Å²) in [6, 6.07) is 17.6. The minimum absolute atomic E-state index is 0.0996. The van der Waals surface area contributed by atoms with Gasteiger partial charge in [-0.1, -0.05) is 68.7 Å². The topological polar surface area (TPSA) is 76.7 Å². The Labute approximate surface area is 203 Å². The quantitative estimate of drug-likeness (QED) is 0.422. The molecule has 1 aliphatic carbocycles. The summed E-state index contributed by atoms with van der Waals surface area (Å²) in [5, 5.41) is 6.02. The molecule has 0 radical (unpaired) electrons. The molecule has 1 fully saturated rings. The number of benzene rings is 2. The largest absolute Gasteiger partial charge is 0.496 e. The molecular formula is C28H38N2O4. The number of amides is 2. The van der Waals surface area contributed by atoms with Gasteiger partial charge in [-0.25, -0.2) is 4.79 Å². The summed E-state index contributed by atoms with van der Waals surface area (Å²) in [4.78, 5) is 25.2. The molecule has 6 nitrogen and oxygen atoms in total. The maximum absolute atomic E-state index is 12.9. The predicted octanol–water partition coefficient (Wildman–Crippen LogP) is 5.61. The van der Waals surface area contributed by atoms with Crippen LogP contribution < -0.4 is 15.4 Å². The van der Waals surface area contributed by atoms with Gasteiger partial charge in [-0.05, 0) is 49.8 Å². The third-order valence-corrected chi connectivity index (χ3v) is 6.79. The van der Waals surface area contributed by atoms with E-state index >= 15 is 0 Å². The van der Waals surface area contributed by atoms with Gasteiger partial charge in [0.15, 0.2) is 0 Å². The van der Waals surface area contributed by atoms with E-state index in [1.807, 2.05) is 30.3 Å². The van der Waals surface area contributed by atoms with Crippen molar-refractivity contribution < 1.29 is 19.1 Å². The van der Waals surface area contributed by atoms with Crippen molar-refractivity contribution in [1.29, 1.82) is 0 Å². The Hall–Kier alpha value is -3.02. The number of carbonyl (C=O) groups excluding carboxylic acids is 2. The van der Waals surface area contributed by atoms with Crippen LogP contribution in [0.3, 0.4) is 0 Å². The van der Waals surface area contributed by atoms with Gasteiger partial charge < -0.3 is 20.1 Å². The molecule has 34 heavy (non-hydrogen) atoms. The van der Waals surface area contributed by atoms with Gasteiger partial charge in [-0.15, -0.1) is 0 Å². The molecule has 0 heterocycles. The molecule has 0 aliphatic heterocycles. The second-order valence-corrected chi connectivity index (χ2v) is 9.12. The first-order valence-electron chi connectivity index (χ1n) is 12.5. The zero-order chi connectivity index (χ0) is 24.2. The molecule has 0 saturated heterocycles. The number of methoxy groups -OCH3 is 1. The van der Waals surface area contributed by atoms with Gasteiger partial charge in [-0.2, -0.15) is 0 Å². The minimum Gasteiger partial charge on any atom is -0.496 e. The summed E-state index contributed by atoms with van der Waals surface area (Å²) < 4.78 is 11.0. The molecule has 1 saturated carbocycles. The van der Waals surface area contributed by atoms with Crippen LogP contribution in [0.4, 0.5) is 4.79 Å². The molecule has 2 N–H and O–H groups in total. The normalized spacial score (nSPS) is 19.8. The number of hydrogen-bond acceptors (Lipinski definition) is 4. The molecule has 184 valence electrons.